The largest absolute Gasteiger partial charge is 0.447 e. The molecule has 2 heterocycles. The molecular formula is C25H29NO9. The Labute approximate surface area is 202 Å². The molecule has 3 atom stereocenters. The summed E-state index contributed by atoms with van der Waals surface area (Å²) in [5.41, 5.74) is 1.58. The van der Waals surface area contributed by atoms with E-state index >= 15 is 0 Å². The number of carbonyl (C=O) groups is 4. The van der Waals surface area contributed by atoms with Gasteiger partial charge in [0.1, 0.15) is 6.10 Å². The maximum atomic E-state index is 12.9. The molecule has 188 valence electrons. The zero-order valence-corrected chi connectivity index (χ0v) is 20.1. The van der Waals surface area contributed by atoms with E-state index in [1.807, 2.05) is 24.3 Å². The first-order valence-corrected chi connectivity index (χ1v) is 11.5. The highest BCUT2D eigenvalue weighted by molar-refractivity contribution is 5.87. The number of esters is 4. The Balaban J connectivity index is 1.91. The predicted molar refractivity (Wildman–Crippen MR) is 122 cm³/mol. The van der Waals surface area contributed by atoms with Crippen molar-refractivity contribution in [2.45, 2.75) is 71.9 Å². The lowest BCUT2D eigenvalue weighted by molar-refractivity contribution is -0.232. The lowest BCUT2D eigenvalue weighted by Crippen LogP contribution is -2.47. The van der Waals surface area contributed by atoms with Gasteiger partial charge in [0.15, 0.2) is 11.5 Å². The number of nitrogens with one attached hydrogen (secondary N) is 1. The van der Waals surface area contributed by atoms with Gasteiger partial charge in [-0.2, -0.15) is 0 Å². The van der Waals surface area contributed by atoms with Crippen LogP contribution in [0.2, 0.25) is 0 Å². The van der Waals surface area contributed by atoms with Crippen molar-refractivity contribution >= 4 is 34.8 Å². The Morgan fingerprint density at radius 1 is 0.857 bits per heavy atom. The fraction of sp³-hybridized carbons (Fsp3) is 0.440. The average Bonchev–Trinajstić information content (AvgIpc) is 3.25. The molecule has 1 aromatic heterocycles. The number of para-hydroxylation sites is 1. The third-order valence-corrected chi connectivity index (χ3v) is 5.29. The molecule has 1 aliphatic rings. The van der Waals surface area contributed by atoms with Crippen LogP contribution < -0.4 is 0 Å². The summed E-state index contributed by atoms with van der Waals surface area (Å²) in [6, 6.07) is 7.49. The lowest BCUT2D eigenvalue weighted by Gasteiger charge is -2.35. The molecule has 0 radical (unpaired) electrons. The van der Waals surface area contributed by atoms with Gasteiger partial charge in [-0.05, 0) is 18.6 Å². The molecule has 0 saturated heterocycles. The molecule has 2 aromatic rings. The van der Waals surface area contributed by atoms with Gasteiger partial charge in [0.2, 0.25) is 12.4 Å². The SMILES string of the molecule is CCC(=O)OC1=C(OC(=O)CC)[C@@H](OC(=O)CC)[C@H](OC(=O)Cc2c[nH]c3ccccc23)O[C@H]1C. The van der Waals surface area contributed by atoms with Crippen LogP contribution in [-0.4, -0.2) is 47.4 Å². The maximum Gasteiger partial charge on any atom is 0.312 e. The van der Waals surface area contributed by atoms with Crippen LogP contribution in [0.3, 0.4) is 0 Å². The highest BCUT2D eigenvalue weighted by atomic mass is 16.7. The van der Waals surface area contributed by atoms with Crippen molar-refractivity contribution in [3.05, 3.63) is 47.5 Å². The summed E-state index contributed by atoms with van der Waals surface area (Å²) in [5, 5.41) is 0.863. The van der Waals surface area contributed by atoms with Gasteiger partial charge in [-0.1, -0.05) is 39.0 Å². The molecular weight excluding hydrogens is 458 g/mol. The molecule has 0 unspecified atom stereocenters. The molecule has 3 rings (SSSR count). The molecule has 10 heteroatoms. The fourth-order valence-electron chi connectivity index (χ4n) is 3.46. The number of fused-ring (bicyclic) bond motifs is 1. The minimum absolute atomic E-state index is 0.00114. The second-order valence-electron chi connectivity index (χ2n) is 7.82. The number of aromatic amines is 1. The van der Waals surface area contributed by atoms with Crippen LogP contribution >= 0.6 is 0 Å². The molecule has 1 aromatic carbocycles. The van der Waals surface area contributed by atoms with Crippen LogP contribution in [-0.2, 0) is 49.3 Å². The molecule has 0 bridgehead atoms. The summed E-state index contributed by atoms with van der Waals surface area (Å²) >= 11 is 0. The molecule has 10 nitrogen and oxygen atoms in total. The maximum absolute atomic E-state index is 12.9. The van der Waals surface area contributed by atoms with E-state index in [1.165, 1.54) is 6.92 Å². The molecule has 35 heavy (non-hydrogen) atoms. The van der Waals surface area contributed by atoms with Gasteiger partial charge in [-0.25, -0.2) is 0 Å². The highest BCUT2D eigenvalue weighted by Gasteiger charge is 2.45. The predicted octanol–water partition coefficient (Wildman–Crippen LogP) is 3.44. The van der Waals surface area contributed by atoms with Crippen molar-refractivity contribution in [1.29, 1.82) is 0 Å². The zero-order chi connectivity index (χ0) is 25.5. The summed E-state index contributed by atoms with van der Waals surface area (Å²) in [5.74, 6) is -2.91. The number of H-pyrrole nitrogens is 1. The number of ether oxygens (including phenoxy) is 5. The average molecular weight is 488 g/mol. The number of hydrogen-bond donors (Lipinski definition) is 1. The Morgan fingerprint density at radius 3 is 2.14 bits per heavy atom. The smallest absolute Gasteiger partial charge is 0.312 e. The van der Waals surface area contributed by atoms with Crippen LogP contribution in [0, 0.1) is 0 Å². The minimum Gasteiger partial charge on any atom is -0.447 e. The van der Waals surface area contributed by atoms with Crippen molar-refractivity contribution in [2.24, 2.45) is 0 Å². The van der Waals surface area contributed by atoms with E-state index in [1.54, 1.807) is 27.0 Å². The summed E-state index contributed by atoms with van der Waals surface area (Å²) < 4.78 is 27.5. The molecule has 0 aliphatic carbocycles. The summed E-state index contributed by atoms with van der Waals surface area (Å²) in [6.45, 7) is 6.29. The van der Waals surface area contributed by atoms with Gasteiger partial charge in [-0.3, -0.25) is 19.2 Å². The van der Waals surface area contributed by atoms with Crippen LogP contribution in [0.25, 0.3) is 10.9 Å². The van der Waals surface area contributed by atoms with Crippen LogP contribution in [0.15, 0.2) is 42.0 Å². The topological polar surface area (TPSA) is 130 Å². The van der Waals surface area contributed by atoms with Gasteiger partial charge in [-0.15, -0.1) is 0 Å². The van der Waals surface area contributed by atoms with Crippen LogP contribution in [0.5, 0.6) is 0 Å². The summed E-state index contributed by atoms with van der Waals surface area (Å²) in [4.78, 5) is 52.3. The van der Waals surface area contributed by atoms with E-state index in [9.17, 15) is 19.2 Å². The number of benzene rings is 1. The molecule has 1 N–H and O–H groups in total. The molecule has 0 saturated carbocycles. The van der Waals surface area contributed by atoms with Crippen molar-refractivity contribution in [3.63, 3.8) is 0 Å². The monoisotopic (exact) mass is 487 g/mol. The van der Waals surface area contributed by atoms with E-state index in [-0.39, 0.29) is 37.2 Å². The van der Waals surface area contributed by atoms with Gasteiger partial charge in [0.25, 0.3) is 0 Å². The summed E-state index contributed by atoms with van der Waals surface area (Å²) in [6.07, 6.45) is -2.13. The molecule has 0 spiro atoms. The van der Waals surface area contributed by atoms with E-state index in [0.29, 0.717) is 5.56 Å². The van der Waals surface area contributed by atoms with E-state index in [2.05, 4.69) is 4.98 Å². The second kappa shape index (κ2) is 11.7. The Hall–Kier alpha value is -3.66. The van der Waals surface area contributed by atoms with Crippen LogP contribution in [0.1, 0.15) is 52.5 Å². The standard InChI is InChI=1S/C25H29NO9/c1-5-18(27)32-22-14(4)31-25(24(34-20(29)7-3)23(22)33-19(28)6-2)35-21(30)12-15-13-26-17-11-9-8-10-16(15)17/h8-11,13-14,24-26H,5-7,12H2,1-4H3/t14-,24+,25-/m0/s1. The van der Waals surface area contributed by atoms with Crippen LogP contribution in [0.4, 0.5) is 0 Å². The van der Waals surface area contributed by atoms with E-state index in [0.717, 1.165) is 10.9 Å². The normalized spacial score (nSPS) is 19.8. The fourth-order valence-corrected chi connectivity index (χ4v) is 3.46. The first kappa shape index (κ1) is 26.0. The van der Waals surface area contributed by atoms with Gasteiger partial charge in [0, 0.05) is 36.4 Å². The summed E-state index contributed by atoms with van der Waals surface area (Å²) in [7, 11) is 0. The quantitative estimate of drug-likeness (QED) is 0.417. The first-order chi connectivity index (χ1) is 16.8. The van der Waals surface area contributed by atoms with Crippen molar-refractivity contribution in [3.8, 4) is 0 Å². The Bertz CT molecular complexity index is 1130. The molecule has 0 amide bonds. The number of hydrogen-bond acceptors (Lipinski definition) is 9. The number of carbonyl (C=O) groups excluding carboxylic acids is 4. The lowest BCUT2D eigenvalue weighted by atomic mass is 10.1. The minimum atomic E-state index is -1.44. The highest BCUT2D eigenvalue weighted by Crippen LogP contribution is 2.32. The number of rotatable bonds is 9. The van der Waals surface area contributed by atoms with E-state index in [4.69, 9.17) is 23.7 Å². The van der Waals surface area contributed by atoms with Crippen molar-refractivity contribution in [2.75, 3.05) is 0 Å². The van der Waals surface area contributed by atoms with Gasteiger partial charge >= 0.3 is 23.9 Å². The van der Waals surface area contributed by atoms with Gasteiger partial charge in [0.05, 0.1) is 6.42 Å². The van der Waals surface area contributed by atoms with E-state index < -0.39 is 42.4 Å². The second-order valence-corrected chi connectivity index (χ2v) is 7.82. The number of aromatic nitrogens is 1. The third kappa shape index (κ3) is 6.27. The first-order valence-electron chi connectivity index (χ1n) is 11.5. The zero-order valence-electron chi connectivity index (χ0n) is 20.1. The molecule has 1 aliphatic heterocycles. The van der Waals surface area contributed by atoms with Gasteiger partial charge < -0.3 is 28.7 Å². The molecule has 0 fully saturated rings. The van der Waals surface area contributed by atoms with Crippen molar-refractivity contribution < 1.29 is 42.9 Å². The third-order valence-electron chi connectivity index (χ3n) is 5.29. The van der Waals surface area contributed by atoms with Crippen molar-refractivity contribution in [1.82, 2.24) is 4.98 Å². The Kier molecular flexibility index (Phi) is 8.64. The Morgan fingerprint density at radius 2 is 1.49 bits per heavy atom.